The third-order valence-electron chi connectivity index (χ3n) is 4.26. The summed E-state index contributed by atoms with van der Waals surface area (Å²) in [6.07, 6.45) is 7.32. The minimum Gasteiger partial charge on any atom is -0.316 e. The van der Waals surface area contributed by atoms with Gasteiger partial charge in [-0.25, -0.2) is 0 Å². The first-order valence-electron chi connectivity index (χ1n) is 8.11. The topological polar surface area (TPSA) is 12.0 Å². The molecule has 1 nitrogen and oxygen atoms in total. The number of halogens is 1. The maximum atomic E-state index is 6.36. The lowest BCUT2D eigenvalue weighted by molar-refractivity contribution is 0.229. The highest BCUT2D eigenvalue weighted by atomic mass is 35.5. The van der Waals surface area contributed by atoms with Gasteiger partial charge in [0.15, 0.2) is 0 Å². The second-order valence-electron chi connectivity index (χ2n) is 5.90. The molecule has 1 aromatic rings. The Bertz CT molecular complexity index is 377. The van der Waals surface area contributed by atoms with Crippen molar-refractivity contribution in [3.63, 3.8) is 0 Å². The molecule has 1 N–H and O–H groups in total. The normalized spacial score (nSPS) is 14.2. The molecule has 0 saturated carbocycles. The van der Waals surface area contributed by atoms with E-state index < -0.39 is 0 Å². The first-order chi connectivity index (χ1) is 9.67. The van der Waals surface area contributed by atoms with Crippen LogP contribution < -0.4 is 5.32 Å². The van der Waals surface area contributed by atoms with Crippen LogP contribution in [0.5, 0.6) is 0 Å². The average molecular weight is 296 g/mol. The van der Waals surface area contributed by atoms with Crippen molar-refractivity contribution in [1.82, 2.24) is 5.32 Å². The van der Waals surface area contributed by atoms with Crippen molar-refractivity contribution in [2.24, 2.45) is 5.41 Å². The molecular weight excluding hydrogens is 266 g/mol. The molecule has 0 saturated heterocycles. The van der Waals surface area contributed by atoms with Gasteiger partial charge in [0.05, 0.1) is 0 Å². The van der Waals surface area contributed by atoms with Crippen molar-refractivity contribution in [1.29, 1.82) is 0 Å². The fraction of sp³-hybridized carbons (Fsp3) is 0.667. The summed E-state index contributed by atoms with van der Waals surface area (Å²) in [5.41, 5.74) is 1.64. The molecule has 0 bridgehead atoms. The Hall–Kier alpha value is -0.530. The van der Waals surface area contributed by atoms with E-state index in [1.165, 1.54) is 37.7 Å². The fourth-order valence-corrected chi connectivity index (χ4v) is 3.00. The van der Waals surface area contributed by atoms with Gasteiger partial charge >= 0.3 is 0 Å². The molecular formula is C18H30ClN. The lowest BCUT2D eigenvalue weighted by Crippen LogP contribution is -2.36. The first kappa shape index (κ1) is 17.5. The Morgan fingerprint density at radius 3 is 2.45 bits per heavy atom. The van der Waals surface area contributed by atoms with E-state index in [0.717, 1.165) is 24.5 Å². The van der Waals surface area contributed by atoms with Gasteiger partial charge in [-0.2, -0.15) is 0 Å². The molecule has 114 valence electrons. The fourth-order valence-electron chi connectivity index (χ4n) is 2.79. The van der Waals surface area contributed by atoms with Crippen LogP contribution in [0.3, 0.4) is 0 Å². The molecule has 0 aromatic heterocycles. The maximum absolute atomic E-state index is 6.36. The molecule has 1 atom stereocenters. The zero-order chi connectivity index (χ0) is 14.8. The summed E-state index contributed by atoms with van der Waals surface area (Å²) in [6.45, 7) is 9.02. The number of nitrogens with one attached hydrogen (secondary N) is 1. The second-order valence-corrected chi connectivity index (χ2v) is 6.31. The van der Waals surface area contributed by atoms with Gasteiger partial charge in [0, 0.05) is 11.6 Å². The molecule has 0 aliphatic rings. The third kappa shape index (κ3) is 5.46. The molecule has 0 radical (unpaired) electrons. The molecule has 0 spiro atoms. The van der Waals surface area contributed by atoms with E-state index in [4.69, 9.17) is 11.6 Å². The van der Waals surface area contributed by atoms with Crippen LogP contribution in [0.4, 0.5) is 0 Å². The number of hydrogen-bond donors (Lipinski definition) is 1. The van der Waals surface area contributed by atoms with Crippen LogP contribution >= 0.6 is 11.6 Å². The zero-order valence-corrected chi connectivity index (χ0v) is 14.1. The molecule has 1 aromatic carbocycles. The van der Waals surface area contributed by atoms with E-state index in [9.17, 15) is 0 Å². The summed E-state index contributed by atoms with van der Waals surface area (Å²) < 4.78 is 0. The predicted molar refractivity (Wildman–Crippen MR) is 90.6 cm³/mol. The van der Waals surface area contributed by atoms with Crippen LogP contribution in [-0.2, 0) is 6.42 Å². The average Bonchev–Trinajstić information content (AvgIpc) is 2.47. The maximum Gasteiger partial charge on any atom is 0.0438 e. The molecule has 0 aliphatic heterocycles. The van der Waals surface area contributed by atoms with Gasteiger partial charge in [0.2, 0.25) is 0 Å². The van der Waals surface area contributed by atoms with E-state index >= 15 is 0 Å². The minimum absolute atomic E-state index is 0.343. The van der Waals surface area contributed by atoms with Gasteiger partial charge in [0.1, 0.15) is 0 Å². The van der Waals surface area contributed by atoms with Crippen molar-refractivity contribution >= 4 is 11.6 Å². The molecule has 20 heavy (non-hydrogen) atoms. The molecule has 0 aliphatic carbocycles. The highest BCUT2D eigenvalue weighted by Gasteiger charge is 2.28. The highest BCUT2D eigenvalue weighted by molar-refractivity contribution is 6.31. The van der Waals surface area contributed by atoms with Crippen LogP contribution in [0.2, 0.25) is 5.02 Å². The molecule has 1 unspecified atom stereocenters. The SMILES string of the molecule is CCCCC(CC)(CNCCC)Cc1ccccc1Cl. The Morgan fingerprint density at radius 1 is 1.10 bits per heavy atom. The van der Waals surface area contributed by atoms with Crippen molar-refractivity contribution in [2.45, 2.75) is 59.3 Å². The van der Waals surface area contributed by atoms with Crippen LogP contribution in [-0.4, -0.2) is 13.1 Å². The van der Waals surface area contributed by atoms with E-state index in [2.05, 4.69) is 38.2 Å². The Morgan fingerprint density at radius 2 is 1.85 bits per heavy atom. The van der Waals surface area contributed by atoms with Crippen molar-refractivity contribution in [2.75, 3.05) is 13.1 Å². The van der Waals surface area contributed by atoms with Crippen LogP contribution in [0.1, 0.15) is 58.4 Å². The van der Waals surface area contributed by atoms with E-state index in [0.29, 0.717) is 5.41 Å². The van der Waals surface area contributed by atoms with Crippen molar-refractivity contribution in [3.05, 3.63) is 34.9 Å². The molecule has 0 fully saturated rings. The summed E-state index contributed by atoms with van der Waals surface area (Å²) in [7, 11) is 0. The molecule has 0 amide bonds. The number of rotatable bonds is 10. The van der Waals surface area contributed by atoms with Crippen molar-refractivity contribution < 1.29 is 0 Å². The van der Waals surface area contributed by atoms with Gasteiger partial charge in [-0.1, -0.05) is 63.4 Å². The lowest BCUT2D eigenvalue weighted by Gasteiger charge is -2.34. The Kier molecular flexibility index (Phi) is 8.25. The summed E-state index contributed by atoms with van der Waals surface area (Å²) in [5, 5.41) is 4.55. The summed E-state index contributed by atoms with van der Waals surface area (Å²) in [4.78, 5) is 0. The van der Waals surface area contributed by atoms with Gasteiger partial charge in [-0.3, -0.25) is 0 Å². The third-order valence-corrected chi connectivity index (χ3v) is 4.63. The van der Waals surface area contributed by atoms with Gasteiger partial charge < -0.3 is 5.32 Å². The monoisotopic (exact) mass is 295 g/mol. The van der Waals surface area contributed by atoms with Gasteiger partial charge in [0.25, 0.3) is 0 Å². The van der Waals surface area contributed by atoms with Gasteiger partial charge in [-0.05, 0) is 49.3 Å². The molecule has 0 heterocycles. The van der Waals surface area contributed by atoms with Crippen LogP contribution in [0.15, 0.2) is 24.3 Å². The standard InChI is InChI=1S/C18H30ClN/c1-4-7-12-18(6-3,15-20-13-5-2)14-16-10-8-9-11-17(16)19/h8-11,20H,4-7,12-15H2,1-3H3. The number of benzene rings is 1. The summed E-state index contributed by atoms with van der Waals surface area (Å²) in [5.74, 6) is 0. The highest BCUT2D eigenvalue weighted by Crippen LogP contribution is 2.34. The van der Waals surface area contributed by atoms with E-state index in [1.54, 1.807) is 0 Å². The largest absolute Gasteiger partial charge is 0.316 e. The summed E-state index contributed by atoms with van der Waals surface area (Å²) >= 11 is 6.36. The molecule has 2 heteroatoms. The van der Waals surface area contributed by atoms with Gasteiger partial charge in [-0.15, -0.1) is 0 Å². The predicted octanol–water partition coefficient (Wildman–Crippen LogP) is 5.47. The second kappa shape index (κ2) is 9.41. The van der Waals surface area contributed by atoms with Crippen LogP contribution in [0.25, 0.3) is 0 Å². The quantitative estimate of drug-likeness (QED) is 0.564. The smallest absolute Gasteiger partial charge is 0.0438 e. The van der Waals surface area contributed by atoms with Crippen LogP contribution in [0, 0.1) is 5.41 Å². The summed E-state index contributed by atoms with van der Waals surface area (Å²) in [6, 6.07) is 8.30. The molecule has 1 rings (SSSR count). The van der Waals surface area contributed by atoms with E-state index in [1.807, 2.05) is 12.1 Å². The van der Waals surface area contributed by atoms with E-state index in [-0.39, 0.29) is 0 Å². The minimum atomic E-state index is 0.343. The Balaban J connectivity index is 2.81. The number of hydrogen-bond acceptors (Lipinski definition) is 1. The zero-order valence-electron chi connectivity index (χ0n) is 13.3. The lowest BCUT2D eigenvalue weighted by atomic mass is 9.75. The first-order valence-corrected chi connectivity index (χ1v) is 8.49. The number of unbranched alkanes of at least 4 members (excludes halogenated alkanes) is 1. The van der Waals surface area contributed by atoms with Crippen molar-refractivity contribution in [3.8, 4) is 0 Å². The Labute approximate surface area is 130 Å².